The van der Waals surface area contributed by atoms with Crippen molar-refractivity contribution in [2.24, 2.45) is 0 Å². The van der Waals surface area contributed by atoms with Gasteiger partial charge in [-0.1, -0.05) is 0 Å². The highest BCUT2D eigenvalue weighted by Gasteiger charge is 2.38. The van der Waals surface area contributed by atoms with Crippen LogP contribution in [0.2, 0.25) is 0 Å². The number of rotatable bonds is 4. The zero-order valence-electron chi connectivity index (χ0n) is 10.1. The molecular weight excluding hydrogens is 238 g/mol. The van der Waals surface area contributed by atoms with Gasteiger partial charge in [0.15, 0.2) is 0 Å². The second-order valence-corrected chi connectivity index (χ2v) is 3.74. The minimum Gasteiger partial charge on any atom is -0.497 e. The van der Waals surface area contributed by atoms with Crippen LogP contribution < -0.4 is 9.47 Å². The molecule has 0 atom stereocenters. The Bertz CT molecular complexity index is 511. The number of imide groups is 1. The molecule has 1 aromatic carbocycles. The van der Waals surface area contributed by atoms with Gasteiger partial charge in [-0.05, 0) is 6.07 Å². The highest BCUT2D eigenvalue weighted by molar-refractivity contribution is 6.22. The molecule has 1 N–H and O–H groups in total. The molecule has 1 aliphatic heterocycles. The number of methoxy groups -OCH3 is 2. The first kappa shape index (κ1) is 12.4. The van der Waals surface area contributed by atoms with Gasteiger partial charge in [-0.25, -0.2) is 0 Å². The van der Waals surface area contributed by atoms with Gasteiger partial charge in [0.25, 0.3) is 11.8 Å². The number of aliphatic hydroxyl groups excluding tert-OH is 1. The van der Waals surface area contributed by atoms with Crippen LogP contribution in [0.3, 0.4) is 0 Å². The SMILES string of the molecule is COc1cc(OC)c2c(c1)C(=O)N(CCO)C2=O. The van der Waals surface area contributed by atoms with Crippen molar-refractivity contribution in [1.82, 2.24) is 4.90 Å². The van der Waals surface area contributed by atoms with E-state index in [0.29, 0.717) is 11.5 Å². The average molecular weight is 251 g/mol. The highest BCUT2D eigenvalue weighted by atomic mass is 16.5. The van der Waals surface area contributed by atoms with Crippen molar-refractivity contribution in [3.05, 3.63) is 23.3 Å². The quantitative estimate of drug-likeness (QED) is 0.778. The fourth-order valence-corrected chi connectivity index (χ4v) is 1.93. The Kier molecular flexibility index (Phi) is 3.20. The van der Waals surface area contributed by atoms with Crippen molar-refractivity contribution in [1.29, 1.82) is 0 Å². The summed E-state index contributed by atoms with van der Waals surface area (Å²) >= 11 is 0. The van der Waals surface area contributed by atoms with Gasteiger partial charge in [0.05, 0.1) is 38.5 Å². The van der Waals surface area contributed by atoms with Crippen LogP contribution >= 0.6 is 0 Å². The number of carbonyl (C=O) groups excluding carboxylic acids is 2. The van der Waals surface area contributed by atoms with E-state index in [9.17, 15) is 9.59 Å². The number of ether oxygens (including phenoxy) is 2. The van der Waals surface area contributed by atoms with Crippen LogP contribution in [0.15, 0.2) is 12.1 Å². The van der Waals surface area contributed by atoms with Gasteiger partial charge < -0.3 is 14.6 Å². The maximum atomic E-state index is 12.0. The zero-order valence-corrected chi connectivity index (χ0v) is 10.1. The molecule has 0 unspecified atom stereocenters. The summed E-state index contributed by atoms with van der Waals surface area (Å²) in [6.07, 6.45) is 0. The number of amides is 2. The third kappa shape index (κ3) is 1.70. The van der Waals surface area contributed by atoms with Crippen LogP contribution in [-0.2, 0) is 0 Å². The van der Waals surface area contributed by atoms with Crippen molar-refractivity contribution in [2.75, 3.05) is 27.4 Å². The van der Waals surface area contributed by atoms with Crippen LogP contribution in [0.4, 0.5) is 0 Å². The lowest BCUT2D eigenvalue weighted by Gasteiger charge is -2.11. The maximum Gasteiger partial charge on any atom is 0.265 e. The minimum absolute atomic E-state index is 0.0299. The number of β-amino-alcohol motifs (C(OH)–C–C–N with tert-alkyl or cyclic N) is 1. The molecule has 6 nitrogen and oxygen atoms in total. The summed E-state index contributed by atoms with van der Waals surface area (Å²) in [5, 5.41) is 8.87. The van der Waals surface area contributed by atoms with Gasteiger partial charge in [0.2, 0.25) is 0 Å². The Morgan fingerprint density at radius 3 is 2.44 bits per heavy atom. The predicted octanol–water partition coefficient (Wildman–Crippen LogP) is 0.292. The molecule has 0 saturated carbocycles. The fourth-order valence-electron chi connectivity index (χ4n) is 1.93. The van der Waals surface area contributed by atoms with Crippen molar-refractivity contribution in [2.45, 2.75) is 0 Å². The van der Waals surface area contributed by atoms with Gasteiger partial charge in [-0.15, -0.1) is 0 Å². The Hall–Kier alpha value is -2.08. The molecule has 1 aromatic rings. The van der Waals surface area contributed by atoms with E-state index in [1.54, 1.807) is 6.07 Å². The molecule has 2 rings (SSSR count). The van der Waals surface area contributed by atoms with Gasteiger partial charge in [0.1, 0.15) is 11.5 Å². The van der Waals surface area contributed by atoms with Crippen LogP contribution in [0.1, 0.15) is 20.7 Å². The summed E-state index contributed by atoms with van der Waals surface area (Å²) in [5.74, 6) is -0.162. The zero-order chi connectivity index (χ0) is 13.3. The van der Waals surface area contributed by atoms with Crippen LogP contribution in [0, 0.1) is 0 Å². The summed E-state index contributed by atoms with van der Waals surface area (Å²) in [7, 11) is 2.88. The van der Waals surface area contributed by atoms with Gasteiger partial charge in [-0.2, -0.15) is 0 Å². The maximum absolute atomic E-state index is 12.0. The Labute approximate surface area is 104 Å². The first-order chi connectivity index (χ1) is 8.63. The van der Waals surface area contributed by atoms with Crippen molar-refractivity contribution < 1.29 is 24.2 Å². The molecule has 2 amide bonds. The summed E-state index contributed by atoms with van der Waals surface area (Å²) in [4.78, 5) is 25.1. The van der Waals surface area contributed by atoms with E-state index in [0.717, 1.165) is 4.90 Å². The lowest BCUT2D eigenvalue weighted by Crippen LogP contribution is -2.32. The molecule has 0 radical (unpaired) electrons. The first-order valence-electron chi connectivity index (χ1n) is 5.37. The van der Waals surface area contributed by atoms with Gasteiger partial charge in [0, 0.05) is 6.07 Å². The number of benzene rings is 1. The molecule has 1 aliphatic rings. The van der Waals surface area contributed by atoms with Gasteiger partial charge in [-0.3, -0.25) is 14.5 Å². The summed E-state index contributed by atoms with van der Waals surface area (Å²) in [6, 6.07) is 3.04. The third-order valence-corrected chi connectivity index (χ3v) is 2.79. The largest absolute Gasteiger partial charge is 0.497 e. The average Bonchev–Trinajstić information content (AvgIpc) is 2.63. The Balaban J connectivity index is 2.56. The lowest BCUT2D eigenvalue weighted by atomic mass is 10.1. The number of fused-ring (bicyclic) bond motifs is 1. The lowest BCUT2D eigenvalue weighted by molar-refractivity contribution is 0.0623. The van der Waals surface area contributed by atoms with E-state index in [4.69, 9.17) is 14.6 Å². The van der Waals surface area contributed by atoms with Crippen molar-refractivity contribution >= 4 is 11.8 Å². The molecule has 0 fully saturated rings. The number of carbonyl (C=O) groups is 2. The third-order valence-electron chi connectivity index (χ3n) is 2.79. The van der Waals surface area contributed by atoms with Crippen LogP contribution in [0.5, 0.6) is 11.5 Å². The van der Waals surface area contributed by atoms with E-state index < -0.39 is 11.8 Å². The molecule has 0 spiro atoms. The number of nitrogens with zero attached hydrogens (tertiary/aromatic N) is 1. The summed E-state index contributed by atoms with van der Waals surface area (Å²) in [6.45, 7) is -0.303. The molecular formula is C12H13NO5. The monoisotopic (exact) mass is 251 g/mol. The van der Waals surface area contributed by atoms with Gasteiger partial charge >= 0.3 is 0 Å². The standard InChI is InChI=1S/C12H13NO5/c1-17-7-5-8-10(9(6-7)18-2)12(16)13(3-4-14)11(8)15/h5-6,14H,3-4H2,1-2H3. The van der Waals surface area contributed by atoms with E-state index in [-0.39, 0.29) is 24.3 Å². The molecule has 96 valence electrons. The normalized spacial score (nSPS) is 13.8. The Morgan fingerprint density at radius 2 is 1.89 bits per heavy atom. The van der Waals surface area contributed by atoms with E-state index in [2.05, 4.69) is 0 Å². The second-order valence-electron chi connectivity index (χ2n) is 3.74. The van der Waals surface area contributed by atoms with E-state index >= 15 is 0 Å². The highest BCUT2D eigenvalue weighted by Crippen LogP contribution is 2.34. The number of aliphatic hydroxyl groups is 1. The van der Waals surface area contributed by atoms with Crippen LogP contribution in [-0.4, -0.2) is 49.2 Å². The summed E-state index contributed by atoms with van der Waals surface area (Å²) in [5.41, 5.74) is 0.460. The molecule has 1 heterocycles. The molecule has 6 heteroatoms. The topological polar surface area (TPSA) is 76.1 Å². The number of hydrogen-bond acceptors (Lipinski definition) is 5. The second kappa shape index (κ2) is 4.66. The molecule has 18 heavy (non-hydrogen) atoms. The predicted molar refractivity (Wildman–Crippen MR) is 62.0 cm³/mol. The molecule has 0 saturated heterocycles. The van der Waals surface area contributed by atoms with E-state index in [1.807, 2.05) is 0 Å². The smallest absolute Gasteiger partial charge is 0.265 e. The Morgan fingerprint density at radius 1 is 1.17 bits per heavy atom. The summed E-state index contributed by atoms with van der Waals surface area (Å²) < 4.78 is 10.2. The molecule has 0 aromatic heterocycles. The molecule has 0 bridgehead atoms. The van der Waals surface area contributed by atoms with Crippen LogP contribution in [0.25, 0.3) is 0 Å². The van der Waals surface area contributed by atoms with Crippen molar-refractivity contribution in [3.63, 3.8) is 0 Å². The first-order valence-corrected chi connectivity index (χ1v) is 5.37. The number of hydrogen-bond donors (Lipinski definition) is 1. The fraction of sp³-hybridized carbons (Fsp3) is 0.333. The van der Waals surface area contributed by atoms with E-state index in [1.165, 1.54) is 20.3 Å². The molecule has 0 aliphatic carbocycles. The minimum atomic E-state index is -0.455. The van der Waals surface area contributed by atoms with Crippen molar-refractivity contribution in [3.8, 4) is 11.5 Å².